The molecule has 1 fully saturated rings. The molecule has 20 heavy (non-hydrogen) atoms. The van der Waals surface area contributed by atoms with Crippen molar-refractivity contribution >= 4 is 11.0 Å². The van der Waals surface area contributed by atoms with Crippen molar-refractivity contribution in [3.05, 3.63) is 30.1 Å². The Labute approximate surface area is 121 Å². The fourth-order valence-corrected chi connectivity index (χ4v) is 3.26. The number of benzene rings is 1. The fraction of sp³-hybridized carbons (Fsp3) is 0.588. The van der Waals surface area contributed by atoms with Gasteiger partial charge in [0.2, 0.25) is 0 Å². The Morgan fingerprint density at radius 2 is 1.95 bits per heavy atom. The third-order valence-electron chi connectivity index (χ3n) is 4.48. The number of para-hydroxylation sites is 2. The van der Waals surface area contributed by atoms with E-state index in [1.54, 1.807) is 0 Å². The molecule has 3 nitrogen and oxygen atoms in total. The van der Waals surface area contributed by atoms with Crippen LogP contribution in [0.25, 0.3) is 11.0 Å². The zero-order chi connectivity index (χ0) is 13.9. The topological polar surface area (TPSA) is 21.1 Å². The van der Waals surface area contributed by atoms with Crippen molar-refractivity contribution in [2.24, 2.45) is 0 Å². The largest absolute Gasteiger partial charge is 0.327 e. The molecule has 0 spiro atoms. The maximum atomic E-state index is 4.93. The highest BCUT2D eigenvalue weighted by Crippen LogP contribution is 2.27. The molecule has 1 atom stereocenters. The number of hydrogen-bond donors (Lipinski definition) is 0. The summed E-state index contributed by atoms with van der Waals surface area (Å²) in [5.74, 6) is 1.25. The Morgan fingerprint density at radius 3 is 2.70 bits per heavy atom. The average Bonchev–Trinajstić information content (AvgIpc) is 3.12. The molecule has 0 N–H and O–H groups in total. The number of fused-ring (bicyclic) bond motifs is 1. The molecule has 1 aromatic carbocycles. The normalized spacial score (nSPS) is 17.9. The zero-order valence-electron chi connectivity index (χ0n) is 12.7. The van der Waals surface area contributed by atoms with Crippen LogP contribution in [0.1, 0.15) is 51.4 Å². The number of imidazole rings is 1. The van der Waals surface area contributed by atoms with E-state index in [4.69, 9.17) is 4.98 Å². The lowest BCUT2D eigenvalue weighted by Crippen LogP contribution is -2.26. The van der Waals surface area contributed by atoms with E-state index in [1.807, 2.05) is 0 Å². The van der Waals surface area contributed by atoms with Crippen LogP contribution in [0.15, 0.2) is 24.3 Å². The van der Waals surface area contributed by atoms with Gasteiger partial charge in [-0.2, -0.15) is 0 Å². The molecule has 2 heterocycles. The van der Waals surface area contributed by atoms with Gasteiger partial charge in [-0.1, -0.05) is 25.5 Å². The minimum Gasteiger partial charge on any atom is -0.327 e. The molecule has 1 aromatic heterocycles. The van der Waals surface area contributed by atoms with E-state index < -0.39 is 0 Å². The summed E-state index contributed by atoms with van der Waals surface area (Å²) < 4.78 is 2.45. The van der Waals surface area contributed by atoms with Crippen molar-refractivity contribution in [1.29, 1.82) is 0 Å². The smallest absolute Gasteiger partial charge is 0.127 e. The summed E-state index contributed by atoms with van der Waals surface area (Å²) >= 11 is 0. The van der Waals surface area contributed by atoms with Crippen molar-refractivity contribution in [2.45, 2.75) is 52.1 Å². The van der Waals surface area contributed by atoms with Crippen molar-refractivity contribution < 1.29 is 0 Å². The standard InChI is InChI=1S/C17H25N3/c1-3-4-13-20-16-10-6-5-9-15(16)18-17(20)14(2)19-11-7-8-12-19/h5-6,9-10,14H,3-4,7-8,11-13H2,1-2H3. The van der Waals surface area contributed by atoms with Crippen molar-refractivity contribution in [3.63, 3.8) is 0 Å². The van der Waals surface area contributed by atoms with Gasteiger partial charge in [0.15, 0.2) is 0 Å². The molecular weight excluding hydrogens is 246 g/mol. The number of unbranched alkanes of at least 4 members (excludes halogenated alkanes) is 1. The van der Waals surface area contributed by atoms with Gasteiger partial charge in [0, 0.05) is 6.54 Å². The lowest BCUT2D eigenvalue weighted by molar-refractivity contribution is 0.248. The first-order valence-corrected chi connectivity index (χ1v) is 8.00. The minimum absolute atomic E-state index is 0.432. The average molecular weight is 271 g/mol. The van der Waals surface area contributed by atoms with E-state index in [0.717, 1.165) is 12.1 Å². The van der Waals surface area contributed by atoms with Crippen LogP contribution in [0, 0.1) is 0 Å². The number of nitrogens with zero attached hydrogens (tertiary/aromatic N) is 3. The first-order chi connectivity index (χ1) is 9.81. The van der Waals surface area contributed by atoms with Crippen molar-refractivity contribution in [2.75, 3.05) is 13.1 Å². The molecule has 108 valence electrons. The molecule has 1 aliphatic heterocycles. The third kappa shape index (κ3) is 2.47. The molecule has 0 saturated carbocycles. The lowest BCUT2D eigenvalue weighted by atomic mass is 10.2. The molecule has 1 saturated heterocycles. The second-order valence-corrected chi connectivity index (χ2v) is 5.88. The van der Waals surface area contributed by atoms with Gasteiger partial charge >= 0.3 is 0 Å². The van der Waals surface area contributed by atoms with Crippen LogP contribution in [0.3, 0.4) is 0 Å². The van der Waals surface area contributed by atoms with Crippen LogP contribution >= 0.6 is 0 Å². The van der Waals surface area contributed by atoms with E-state index >= 15 is 0 Å². The quantitative estimate of drug-likeness (QED) is 0.819. The monoisotopic (exact) mass is 271 g/mol. The highest BCUT2D eigenvalue weighted by atomic mass is 15.2. The van der Waals surface area contributed by atoms with E-state index in [1.165, 1.54) is 50.1 Å². The molecule has 0 amide bonds. The Kier molecular flexibility index (Phi) is 4.06. The fourth-order valence-electron chi connectivity index (χ4n) is 3.26. The van der Waals surface area contributed by atoms with Gasteiger partial charge in [-0.25, -0.2) is 4.98 Å². The summed E-state index contributed by atoms with van der Waals surface area (Å²) in [5.41, 5.74) is 2.44. The van der Waals surface area contributed by atoms with Gasteiger partial charge in [-0.3, -0.25) is 4.90 Å². The van der Waals surface area contributed by atoms with Gasteiger partial charge in [0.25, 0.3) is 0 Å². The Hall–Kier alpha value is -1.35. The summed E-state index contributed by atoms with van der Waals surface area (Å²) in [6.45, 7) is 8.10. The molecular formula is C17H25N3. The van der Waals surface area contributed by atoms with Crippen molar-refractivity contribution in [1.82, 2.24) is 14.5 Å². The molecule has 1 aliphatic rings. The number of aryl methyl sites for hydroxylation is 1. The SMILES string of the molecule is CCCCn1c(C(C)N2CCCC2)nc2ccccc21. The van der Waals surface area contributed by atoms with Crippen molar-refractivity contribution in [3.8, 4) is 0 Å². The van der Waals surface area contributed by atoms with Crippen LogP contribution in [0.2, 0.25) is 0 Å². The second-order valence-electron chi connectivity index (χ2n) is 5.88. The van der Waals surface area contributed by atoms with Crippen LogP contribution in [-0.4, -0.2) is 27.5 Å². The van der Waals surface area contributed by atoms with Gasteiger partial charge in [0.05, 0.1) is 17.1 Å². The minimum atomic E-state index is 0.432. The number of likely N-dealkylation sites (tertiary alicyclic amines) is 1. The van der Waals surface area contributed by atoms with Crippen LogP contribution in [0.5, 0.6) is 0 Å². The third-order valence-corrected chi connectivity index (χ3v) is 4.48. The molecule has 0 radical (unpaired) electrons. The molecule has 0 aliphatic carbocycles. The highest BCUT2D eigenvalue weighted by Gasteiger charge is 2.24. The summed E-state index contributed by atoms with van der Waals surface area (Å²) in [5, 5.41) is 0. The summed E-state index contributed by atoms with van der Waals surface area (Å²) in [6, 6.07) is 8.98. The molecule has 1 unspecified atom stereocenters. The number of rotatable bonds is 5. The van der Waals surface area contributed by atoms with E-state index in [9.17, 15) is 0 Å². The predicted octanol–water partition coefficient (Wildman–Crippen LogP) is 3.99. The van der Waals surface area contributed by atoms with Gasteiger partial charge in [-0.15, -0.1) is 0 Å². The Morgan fingerprint density at radius 1 is 1.20 bits per heavy atom. The van der Waals surface area contributed by atoms with Crippen LogP contribution < -0.4 is 0 Å². The molecule has 0 bridgehead atoms. The lowest BCUT2D eigenvalue weighted by Gasteiger charge is -2.24. The van der Waals surface area contributed by atoms with E-state index in [-0.39, 0.29) is 0 Å². The maximum Gasteiger partial charge on any atom is 0.127 e. The van der Waals surface area contributed by atoms with Gasteiger partial charge in [0.1, 0.15) is 5.82 Å². The molecule has 2 aromatic rings. The van der Waals surface area contributed by atoms with E-state index in [2.05, 4.69) is 47.6 Å². The molecule has 3 heteroatoms. The number of aromatic nitrogens is 2. The Bertz CT molecular complexity index is 567. The Balaban J connectivity index is 1.99. The summed E-state index contributed by atoms with van der Waals surface area (Å²) in [7, 11) is 0. The summed E-state index contributed by atoms with van der Waals surface area (Å²) in [4.78, 5) is 7.50. The molecule has 3 rings (SSSR count). The second kappa shape index (κ2) is 5.96. The first kappa shape index (κ1) is 13.6. The van der Waals surface area contributed by atoms with Crippen LogP contribution in [-0.2, 0) is 6.54 Å². The van der Waals surface area contributed by atoms with E-state index in [0.29, 0.717) is 6.04 Å². The zero-order valence-corrected chi connectivity index (χ0v) is 12.7. The summed E-state index contributed by atoms with van der Waals surface area (Å²) in [6.07, 6.45) is 5.11. The maximum absolute atomic E-state index is 4.93. The van der Waals surface area contributed by atoms with Crippen LogP contribution in [0.4, 0.5) is 0 Å². The van der Waals surface area contributed by atoms with Gasteiger partial charge < -0.3 is 4.57 Å². The number of hydrogen-bond acceptors (Lipinski definition) is 2. The highest BCUT2D eigenvalue weighted by molar-refractivity contribution is 5.76. The predicted molar refractivity (Wildman–Crippen MR) is 83.9 cm³/mol. The first-order valence-electron chi connectivity index (χ1n) is 8.00. The van der Waals surface area contributed by atoms with Gasteiger partial charge in [-0.05, 0) is 51.4 Å².